The first-order valence-corrected chi connectivity index (χ1v) is 24.2. The minimum absolute atomic E-state index is 0.0321. The smallest absolute Gasteiger partial charge is 0.331 e. The first kappa shape index (κ1) is 53.2. The Morgan fingerprint density at radius 3 is 1.09 bits per heavy atom. The summed E-state index contributed by atoms with van der Waals surface area (Å²) >= 11 is 0. The molecule has 0 saturated heterocycles. The van der Waals surface area contributed by atoms with Crippen molar-refractivity contribution in [3.8, 4) is 0 Å². The van der Waals surface area contributed by atoms with E-state index in [-0.39, 0.29) is 23.8 Å². The van der Waals surface area contributed by atoms with Crippen LogP contribution in [0.2, 0.25) is 0 Å². The molecule has 58 heavy (non-hydrogen) atoms. The number of unbranched alkanes of at least 4 members (excludes halogenated alkanes) is 29. The van der Waals surface area contributed by atoms with Gasteiger partial charge in [0.2, 0.25) is 11.8 Å². The zero-order valence-corrected chi connectivity index (χ0v) is 37.4. The van der Waals surface area contributed by atoms with Crippen LogP contribution in [-0.2, 0) is 14.4 Å². The van der Waals surface area contributed by atoms with Gasteiger partial charge in [-0.3, -0.25) is 14.4 Å². The zero-order chi connectivity index (χ0) is 42.5. The van der Waals surface area contributed by atoms with Crippen LogP contribution in [0.1, 0.15) is 249 Å². The van der Waals surface area contributed by atoms with E-state index in [9.17, 15) is 24.3 Å². The Morgan fingerprint density at radius 2 is 0.793 bits per heavy atom. The molecule has 7 N–H and O–H groups in total. The van der Waals surface area contributed by atoms with Crippen molar-refractivity contribution < 1.29 is 24.3 Å². The van der Waals surface area contributed by atoms with Crippen molar-refractivity contribution in [1.29, 1.82) is 0 Å². The minimum Gasteiger partial charge on any atom is -0.480 e. The maximum Gasteiger partial charge on any atom is 0.331 e. The van der Waals surface area contributed by atoms with Crippen LogP contribution in [0.5, 0.6) is 0 Å². The van der Waals surface area contributed by atoms with E-state index in [0.29, 0.717) is 43.6 Å². The summed E-state index contributed by atoms with van der Waals surface area (Å²) in [6.07, 6.45) is 39.0. The first-order chi connectivity index (χ1) is 28.2. The van der Waals surface area contributed by atoms with Gasteiger partial charge in [0.05, 0.1) is 0 Å². The fraction of sp³-hybridized carbons (Fsp3) is 0.796. The SMILES string of the molecule is CCCCCCCCCCCCCCCCCC(=O)Nc1cc(NC(=O)CCCCCCCCCCCCCCCCC)cc(C(=O)[C@](N)(CCCCN)C(=O)O)c1. The molecule has 0 aliphatic heterocycles. The number of aliphatic carboxylic acids is 1. The number of nitrogens with two attached hydrogens (primary N) is 2. The summed E-state index contributed by atoms with van der Waals surface area (Å²) in [5, 5.41) is 15.8. The summed E-state index contributed by atoms with van der Waals surface area (Å²) < 4.78 is 0. The fourth-order valence-corrected chi connectivity index (χ4v) is 7.79. The predicted octanol–water partition coefficient (Wildman–Crippen LogP) is 13.2. The molecule has 0 spiro atoms. The van der Waals surface area contributed by atoms with E-state index in [4.69, 9.17) is 11.5 Å². The zero-order valence-electron chi connectivity index (χ0n) is 37.4. The fourth-order valence-electron chi connectivity index (χ4n) is 7.79. The normalized spacial score (nSPS) is 12.3. The Morgan fingerprint density at radius 1 is 0.483 bits per heavy atom. The van der Waals surface area contributed by atoms with Crippen LogP contribution in [0.15, 0.2) is 18.2 Å². The van der Waals surface area contributed by atoms with E-state index in [1.165, 1.54) is 166 Å². The van der Waals surface area contributed by atoms with Gasteiger partial charge >= 0.3 is 5.97 Å². The molecule has 0 radical (unpaired) electrons. The van der Waals surface area contributed by atoms with Gasteiger partial charge in [-0.05, 0) is 56.8 Å². The third-order valence-electron chi connectivity index (χ3n) is 11.6. The van der Waals surface area contributed by atoms with Gasteiger partial charge in [0.15, 0.2) is 11.3 Å². The largest absolute Gasteiger partial charge is 0.480 e. The quantitative estimate of drug-likeness (QED) is 0.0249. The molecular weight excluding hydrogens is 725 g/mol. The van der Waals surface area contributed by atoms with Crippen LogP contribution in [0.25, 0.3) is 0 Å². The number of carbonyl (C=O) groups excluding carboxylic acids is 3. The van der Waals surface area contributed by atoms with Gasteiger partial charge in [0.25, 0.3) is 0 Å². The molecule has 0 heterocycles. The molecule has 0 unspecified atom stereocenters. The number of amides is 2. The number of anilines is 2. The summed E-state index contributed by atoms with van der Waals surface area (Å²) in [6, 6.07) is 4.55. The number of hydrogen-bond acceptors (Lipinski definition) is 6. The summed E-state index contributed by atoms with van der Waals surface area (Å²) in [5.74, 6) is -2.56. The Balaban J connectivity index is 2.57. The number of benzene rings is 1. The maximum atomic E-state index is 13.7. The molecule has 9 nitrogen and oxygen atoms in total. The van der Waals surface area contributed by atoms with E-state index >= 15 is 0 Å². The van der Waals surface area contributed by atoms with E-state index in [1.54, 1.807) is 6.07 Å². The lowest BCUT2D eigenvalue weighted by atomic mass is 9.85. The van der Waals surface area contributed by atoms with Crippen LogP contribution in [0.4, 0.5) is 11.4 Å². The molecule has 334 valence electrons. The average Bonchev–Trinajstić information content (AvgIpc) is 3.20. The summed E-state index contributed by atoms with van der Waals surface area (Å²) in [7, 11) is 0. The number of Topliss-reactive ketones (excluding diaryl/α,β-unsaturated/α-hetero) is 1. The van der Waals surface area contributed by atoms with Gasteiger partial charge in [0, 0.05) is 29.8 Å². The molecule has 1 aromatic carbocycles. The number of carboxylic acid groups (broad SMARTS) is 1. The number of nitrogens with one attached hydrogen (secondary N) is 2. The molecule has 0 saturated carbocycles. The Hall–Kier alpha value is -2.78. The Kier molecular flexibility index (Phi) is 33.1. The summed E-state index contributed by atoms with van der Waals surface area (Å²) in [4.78, 5) is 51.9. The summed E-state index contributed by atoms with van der Waals surface area (Å²) in [5.41, 5.74) is 10.4. The van der Waals surface area contributed by atoms with Crippen LogP contribution in [0.3, 0.4) is 0 Å². The average molecular weight is 813 g/mol. The van der Waals surface area contributed by atoms with Gasteiger partial charge < -0.3 is 27.2 Å². The number of hydrogen-bond donors (Lipinski definition) is 5. The van der Waals surface area contributed by atoms with Crippen LogP contribution >= 0.6 is 0 Å². The number of rotatable bonds is 41. The molecule has 1 aromatic rings. The number of ketones is 1. The van der Waals surface area contributed by atoms with Gasteiger partial charge in [-0.2, -0.15) is 0 Å². The van der Waals surface area contributed by atoms with Crippen molar-refractivity contribution in [3.05, 3.63) is 23.8 Å². The second kappa shape index (κ2) is 36.1. The van der Waals surface area contributed by atoms with Crippen LogP contribution in [-0.4, -0.2) is 40.8 Å². The molecule has 0 fully saturated rings. The summed E-state index contributed by atoms with van der Waals surface area (Å²) in [6.45, 7) is 4.88. The predicted molar refractivity (Wildman–Crippen MR) is 245 cm³/mol. The highest BCUT2D eigenvalue weighted by molar-refractivity contribution is 6.16. The molecule has 0 aromatic heterocycles. The first-order valence-electron chi connectivity index (χ1n) is 24.2. The highest BCUT2D eigenvalue weighted by atomic mass is 16.4. The standard InChI is InChI=1S/C49H88N4O5/c1-3-5-7-9-11-13-15-17-19-21-23-25-27-29-31-35-45(54)52-43-39-42(47(56)49(51,48(57)58)37-33-34-38-50)40-44(41-43)53-46(55)36-32-30-28-26-24-22-20-18-16-14-12-10-8-6-4-2/h39-41H,3-38,50-51H2,1-2H3,(H,52,54)(H,53,55)(H,57,58)/t49-/m1/s1. The maximum absolute atomic E-state index is 13.7. The van der Waals surface area contributed by atoms with Crippen LogP contribution < -0.4 is 22.1 Å². The number of carboxylic acids is 1. The van der Waals surface area contributed by atoms with Gasteiger partial charge in [0.1, 0.15) is 0 Å². The molecule has 2 amide bonds. The highest BCUT2D eigenvalue weighted by Crippen LogP contribution is 2.26. The highest BCUT2D eigenvalue weighted by Gasteiger charge is 2.42. The second-order valence-electron chi connectivity index (χ2n) is 17.1. The number of carbonyl (C=O) groups is 4. The lowest BCUT2D eigenvalue weighted by Gasteiger charge is -2.24. The van der Waals surface area contributed by atoms with Crippen molar-refractivity contribution in [1.82, 2.24) is 0 Å². The second-order valence-corrected chi connectivity index (χ2v) is 17.1. The van der Waals surface area contributed by atoms with E-state index in [1.807, 2.05) is 0 Å². The topological polar surface area (TPSA) is 165 Å². The van der Waals surface area contributed by atoms with E-state index in [0.717, 1.165) is 38.5 Å². The van der Waals surface area contributed by atoms with Gasteiger partial charge in [-0.25, -0.2) is 4.79 Å². The lowest BCUT2D eigenvalue weighted by Crippen LogP contribution is -2.55. The Bertz CT molecular complexity index is 1160. The molecule has 0 aliphatic carbocycles. The molecule has 0 bridgehead atoms. The molecule has 0 aliphatic rings. The van der Waals surface area contributed by atoms with Gasteiger partial charge in [-0.1, -0.05) is 194 Å². The van der Waals surface area contributed by atoms with Crippen molar-refractivity contribution >= 4 is 34.9 Å². The lowest BCUT2D eigenvalue weighted by molar-refractivity contribution is -0.141. The van der Waals surface area contributed by atoms with E-state index in [2.05, 4.69) is 24.5 Å². The van der Waals surface area contributed by atoms with Crippen molar-refractivity contribution in [3.63, 3.8) is 0 Å². The molecule has 1 rings (SSSR count). The minimum atomic E-state index is -2.15. The van der Waals surface area contributed by atoms with Gasteiger partial charge in [-0.15, -0.1) is 0 Å². The van der Waals surface area contributed by atoms with Crippen LogP contribution in [0, 0.1) is 0 Å². The van der Waals surface area contributed by atoms with E-state index < -0.39 is 17.3 Å². The van der Waals surface area contributed by atoms with Crippen molar-refractivity contribution in [2.45, 2.75) is 244 Å². The van der Waals surface area contributed by atoms with Crippen molar-refractivity contribution in [2.75, 3.05) is 17.2 Å². The third-order valence-corrected chi connectivity index (χ3v) is 11.6. The Labute approximate surface area is 354 Å². The molecule has 9 heteroatoms. The van der Waals surface area contributed by atoms with Crippen molar-refractivity contribution in [2.24, 2.45) is 11.5 Å². The molecule has 1 atom stereocenters. The molecular formula is C49H88N4O5. The third kappa shape index (κ3) is 27.1. The monoisotopic (exact) mass is 813 g/mol.